The molecule has 0 heterocycles. The molecule has 0 bridgehead atoms. The van der Waals surface area contributed by atoms with E-state index >= 15 is 0 Å². The molecule has 0 aromatic rings. The van der Waals surface area contributed by atoms with Crippen LogP contribution in [0.25, 0.3) is 0 Å². The molecule has 0 aromatic heterocycles. The van der Waals surface area contributed by atoms with Crippen LogP contribution in [0.3, 0.4) is 0 Å². The SMILES string of the molecule is CC(C)C(=O)OCC(C)(C)SSCCCC(=O)CCCC(=O)N(C)CC(=O)N[C@@H](C)C(=O)C(C)C. The molecule has 2 amide bonds. The molecular weight excluding hydrogens is 488 g/mol. The summed E-state index contributed by atoms with van der Waals surface area (Å²) in [5.74, 6) is -0.221. The number of amides is 2. The van der Waals surface area contributed by atoms with E-state index in [0.29, 0.717) is 25.9 Å². The molecule has 1 N–H and O–H groups in total. The summed E-state index contributed by atoms with van der Waals surface area (Å²) in [6.45, 7) is 13.1. The van der Waals surface area contributed by atoms with Crippen LogP contribution in [0.2, 0.25) is 0 Å². The van der Waals surface area contributed by atoms with E-state index in [2.05, 4.69) is 5.32 Å². The van der Waals surface area contributed by atoms with E-state index in [1.807, 2.05) is 13.8 Å². The zero-order valence-electron chi connectivity index (χ0n) is 22.6. The maximum Gasteiger partial charge on any atom is 0.308 e. The lowest BCUT2D eigenvalue weighted by atomic mass is 10.0. The van der Waals surface area contributed by atoms with E-state index in [-0.39, 0.29) is 58.9 Å². The molecular formula is C25H44N2O6S2. The van der Waals surface area contributed by atoms with Gasteiger partial charge < -0.3 is 15.0 Å². The molecule has 0 aliphatic carbocycles. The van der Waals surface area contributed by atoms with Crippen LogP contribution in [0.1, 0.15) is 80.6 Å². The summed E-state index contributed by atoms with van der Waals surface area (Å²) in [6, 6.07) is -0.589. The molecule has 0 aliphatic rings. The van der Waals surface area contributed by atoms with Crippen molar-refractivity contribution in [3.63, 3.8) is 0 Å². The van der Waals surface area contributed by atoms with E-state index in [0.717, 1.165) is 12.2 Å². The van der Waals surface area contributed by atoms with Crippen LogP contribution < -0.4 is 5.32 Å². The van der Waals surface area contributed by atoms with Crippen molar-refractivity contribution in [2.24, 2.45) is 11.8 Å². The molecule has 0 aliphatic heterocycles. The van der Waals surface area contributed by atoms with Crippen LogP contribution in [0.15, 0.2) is 0 Å². The summed E-state index contributed by atoms with van der Waals surface area (Å²) in [7, 11) is 4.85. The number of Topliss-reactive ketones (excluding diaryl/α,β-unsaturated/α-hetero) is 2. The van der Waals surface area contributed by atoms with Gasteiger partial charge in [0.1, 0.15) is 12.4 Å². The van der Waals surface area contributed by atoms with Gasteiger partial charge in [-0.2, -0.15) is 0 Å². The van der Waals surface area contributed by atoms with Gasteiger partial charge in [-0.1, -0.05) is 49.3 Å². The first-order chi connectivity index (χ1) is 16.2. The van der Waals surface area contributed by atoms with E-state index in [1.165, 1.54) is 4.90 Å². The van der Waals surface area contributed by atoms with Crippen LogP contribution >= 0.6 is 21.6 Å². The summed E-state index contributed by atoms with van der Waals surface area (Å²) >= 11 is 0. The number of esters is 1. The van der Waals surface area contributed by atoms with Gasteiger partial charge in [0.2, 0.25) is 11.8 Å². The van der Waals surface area contributed by atoms with Crippen molar-refractivity contribution in [3.8, 4) is 0 Å². The normalized spacial score (nSPS) is 12.4. The molecule has 35 heavy (non-hydrogen) atoms. The minimum absolute atomic E-state index is 0.0568. The van der Waals surface area contributed by atoms with Crippen molar-refractivity contribution >= 4 is 50.9 Å². The lowest BCUT2D eigenvalue weighted by Gasteiger charge is -2.23. The third kappa shape index (κ3) is 15.9. The first-order valence-electron chi connectivity index (χ1n) is 12.2. The molecule has 0 saturated heterocycles. The van der Waals surface area contributed by atoms with Gasteiger partial charge in [-0.25, -0.2) is 0 Å². The highest BCUT2D eigenvalue weighted by Crippen LogP contribution is 2.36. The summed E-state index contributed by atoms with van der Waals surface area (Å²) in [5, 5.41) is 2.62. The maximum absolute atomic E-state index is 12.2. The second-order valence-corrected chi connectivity index (χ2v) is 13.1. The minimum atomic E-state index is -0.589. The standard InChI is InChI=1S/C25H44N2O6S2/c1-17(2)23(31)19(5)26-21(29)15-27(8)22(30)13-9-11-20(28)12-10-14-34-35-25(6,7)16-33-24(32)18(3)4/h17-19H,9-16H2,1-8H3,(H,26,29)/t19-/m0/s1. The fraction of sp³-hybridized carbons (Fsp3) is 0.800. The zero-order valence-corrected chi connectivity index (χ0v) is 24.2. The number of carbonyl (C=O) groups excluding carboxylic acids is 5. The van der Waals surface area contributed by atoms with Crippen LogP contribution in [0.4, 0.5) is 0 Å². The molecule has 0 saturated carbocycles. The number of nitrogens with zero attached hydrogens (tertiary/aromatic N) is 1. The van der Waals surface area contributed by atoms with Crippen molar-refractivity contribution in [1.29, 1.82) is 0 Å². The second kappa shape index (κ2) is 17.0. The molecule has 202 valence electrons. The smallest absolute Gasteiger partial charge is 0.308 e. The van der Waals surface area contributed by atoms with E-state index in [9.17, 15) is 24.0 Å². The summed E-state index contributed by atoms with van der Waals surface area (Å²) in [5.41, 5.74) is 0. The molecule has 10 heteroatoms. The van der Waals surface area contributed by atoms with Crippen LogP contribution in [-0.4, -0.2) is 71.0 Å². The summed E-state index contributed by atoms with van der Waals surface area (Å²) in [6.07, 6.45) is 2.19. The Kier molecular flexibility index (Phi) is 16.2. The number of likely N-dealkylation sites (N-methyl/N-ethyl adjacent to an activating group) is 1. The summed E-state index contributed by atoms with van der Waals surface area (Å²) < 4.78 is 5.10. The van der Waals surface area contributed by atoms with Gasteiger partial charge in [-0.05, 0) is 33.6 Å². The van der Waals surface area contributed by atoms with Crippen molar-refractivity contribution in [1.82, 2.24) is 10.2 Å². The molecule has 0 spiro atoms. The third-order valence-electron chi connectivity index (χ3n) is 5.03. The minimum Gasteiger partial charge on any atom is -0.464 e. The number of ketones is 2. The predicted octanol–water partition coefficient (Wildman–Crippen LogP) is 4.05. The summed E-state index contributed by atoms with van der Waals surface area (Å²) in [4.78, 5) is 61.2. The molecule has 0 rings (SSSR count). The number of ether oxygens (including phenoxy) is 1. The van der Waals surface area contributed by atoms with E-state index in [4.69, 9.17) is 4.74 Å². The van der Waals surface area contributed by atoms with Gasteiger partial charge in [0.15, 0.2) is 5.78 Å². The number of hydrogen-bond donors (Lipinski definition) is 1. The van der Waals surface area contributed by atoms with Gasteiger partial charge in [-0.3, -0.25) is 24.0 Å². The number of hydrogen-bond acceptors (Lipinski definition) is 8. The molecule has 0 radical (unpaired) electrons. The highest BCUT2D eigenvalue weighted by Gasteiger charge is 2.23. The van der Waals surface area contributed by atoms with Gasteiger partial charge in [0.25, 0.3) is 0 Å². The Morgan fingerprint density at radius 2 is 1.51 bits per heavy atom. The Morgan fingerprint density at radius 3 is 2.09 bits per heavy atom. The van der Waals surface area contributed by atoms with Crippen molar-refractivity contribution in [3.05, 3.63) is 0 Å². The van der Waals surface area contributed by atoms with Crippen LogP contribution in [0, 0.1) is 11.8 Å². The van der Waals surface area contributed by atoms with Crippen molar-refractivity contribution in [2.75, 3.05) is 26.0 Å². The van der Waals surface area contributed by atoms with E-state index < -0.39 is 6.04 Å². The Morgan fingerprint density at radius 1 is 0.914 bits per heavy atom. The monoisotopic (exact) mass is 532 g/mol. The lowest BCUT2D eigenvalue weighted by Crippen LogP contribution is -2.45. The number of nitrogens with one attached hydrogen (secondary N) is 1. The van der Waals surface area contributed by atoms with Crippen LogP contribution in [-0.2, 0) is 28.7 Å². The number of rotatable bonds is 18. The Hall–Kier alpha value is -1.55. The van der Waals surface area contributed by atoms with E-state index in [1.54, 1.807) is 63.3 Å². The largest absolute Gasteiger partial charge is 0.464 e. The van der Waals surface area contributed by atoms with Gasteiger partial charge >= 0.3 is 5.97 Å². The van der Waals surface area contributed by atoms with Crippen LogP contribution in [0.5, 0.6) is 0 Å². The quantitative estimate of drug-likeness (QED) is 0.160. The fourth-order valence-electron chi connectivity index (χ4n) is 2.88. The molecule has 8 nitrogen and oxygen atoms in total. The first-order valence-corrected chi connectivity index (χ1v) is 14.5. The highest BCUT2D eigenvalue weighted by molar-refractivity contribution is 8.77. The molecule has 1 atom stereocenters. The Bertz CT molecular complexity index is 725. The fourth-order valence-corrected chi connectivity index (χ4v) is 5.36. The maximum atomic E-state index is 12.2. The average molecular weight is 533 g/mol. The highest BCUT2D eigenvalue weighted by atomic mass is 33.1. The topological polar surface area (TPSA) is 110 Å². The molecule has 0 unspecified atom stereocenters. The first kappa shape index (κ1) is 33.4. The van der Waals surface area contributed by atoms with Gasteiger partial charge in [0, 0.05) is 38.0 Å². The lowest BCUT2D eigenvalue weighted by molar-refractivity contribution is -0.148. The zero-order chi connectivity index (χ0) is 27.2. The molecule has 0 fully saturated rings. The molecule has 0 aromatic carbocycles. The van der Waals surface area contributed by atoms with Gasteiger partial charge in [0.05, 0.1) is 23.3 Å². The Labute approximate surface area is 218 Å². The second-order valence-electron chi connectivity index (χ2n) is 10.0. The number of carbonyl (C=O) groups is 5. The predicted molar refractivity (Wildman–Crippen MR) is 143 cm³/mol. The van der Waals surface area contributed by atoms with Crippen molar-refractivity contribution in [2.45, 2.75) is 91.4 Å². The third-order valence-corrected chi connectivity index (χ3v) is 8.38. The average Bonchev–Trinajstić information content (AvgIpc) is 2.75. The van der Waals surface area contributed by atoms with Gasteiger partial charge in [-0.15, -0.1) is 0 Å². The Balaban J connectivity index is 4.03. The van der Waals surface area contributed by atoms with Crippen molar-refractivity contribution < 1.29 is 28.7 Å².